The molecule has 0 fully saturated rings. The minimum absolute atomic E-state index is 0.131. The Bertz CT molecular complexity index is 843. The van der Waals surface area contributed by atoms with E-state index < -0.39 is 12.0 Å². The maximum atomic E-state index is 12.6. The summed E-state index contributed by atoms with van der Waals surface area (Å²) in [6, 6.07) is 5.38. The number of benzene rings is 1. The summed E-state index contributed by atoms with van der Waals surface area (Å²) in [5.74, 6) is 4.86. The van der Waals surface area contributed by atoms with Gasteiger partial charge in [0.05, 0.1) is 5.75 Å². The Kier molecular flexibility index (Phi) is 5.35. The Morgan fingerprint density at radius 1 is 1.30 bits per heavy atom. The van der Waals surface area contributed by atoms with Crippen LogP contribution in [0.3, 0.4) is 0 Å². The number of alkyl halides is 3. The quantitative estimate of drug-likeness (QED) is 0.598. The number of ether oxygens (including phenoxy) is 2. The van der Waals surface area contributed by atoms with Crippen LogP contribution in [0.15, 0.2) is 23.4 Å². The van der Waals surface area contributed by atoms with Gasteiger partial charge in [0.25, 0.3) is 5.82 Å². The van der Waals surface area contributed by atoms with E-state index in [2.05, 4.69) is 10.2 Å². The highest BCUT2D eigenvalue weighted by Gasteiger charge is 2.38. The lowest BCUT2D eigenvalue weighted by atomic mass is 10.2. The number of carbonyl (C=O) groups excluding carboxylic acids is 1. The molecule has 2 N–H and O–H groups in total. The molecule has 146 valence electrons. The van der Waals surface area contributed by atoms with E-state index in [1.165, 1.54) is 4.90 Å². The number of hydrogen-bond acceptors (Lipinski definition) is 7. The second-order valence-electron chi connectivity index (χ2n) is 5.69. The van der Waals surface area contributed by atoms with Gasteiger partial charge in [-0.05, 0) is 17.7 Å². The lowest BCUT2D eigenvalue weighted by molar-refractivity contribution is -0.146. The van der Waals surface area contributed by atoms with E-state index in [0.29, 0.717) is 35.9 Å². The highest BCUT2D eigenvalue weighted by molar-refractivity contribution is 7.99. The van der Waals surface area contributed by atoms with E-state index in [4.69, 9.17) is 15.3 Å². The molecule has 3 rings (SSSR count). The molecule has 1 aliphatic rings. The van der Waals surface area contributed by atoms with Gasteiger partial charge in [0.1, 0.15) is 13.2 Å². The normalized spacial score (nSPS) is 13.5. The Morgan fingerprint density at radius 3 is 2.67 bits per heavy atom. The number of halogens is 3. The molecule has 0 unspecified atom stereocenters. The van der Waals surface area contributed by atoms with Crippen molar-refractivity contribution in [2.75, 3.05) is 31.9 Å². The topological polar surface area (TPSA) is 95.5 Å². The van der Waals surface area contributed by atoms with Crippen LogP contribution in [0.5, 0.6) is 11.5 Å². The molecule has 27 heavy (non-hydrogen) atoms. The van der Waals surface area contributed by atoms with Crippen LogP contribution >= 0.6 is 11.8 Å². The Labute approximate surface area is 156 Å². The van der Waals surface area contributed by atoms with E-state index in [1.807, 2.05) is 6.07 Å². The number of nitrogens with zero attached hydrogens (tertiary/aromatic N) is 4. The first kappa shape index (κ1) is 19.1. The molecule has 1 amide bonds. The zero-order valence-electron chi connectivity index (χ0n) is 14.2. The molecule has 12 heteroatoms. The van der Waals surface area contributed by atoms with Crippen LogP contribution in [0, 0.1) is 0 Å². The number of aromatic nitrogens is 3. The monoisotopic (exact) mass is 403 g/mol. The van der Waals surface area contributed by atoms with Crippen molar-refractivity contribution in [1.29, 1.82) is 0 Å². The fourth-order valence-electron chi connectivity index (χ4n) is 2.35. The third-order valence-corrected chi connectivity index (χ3v) is 4.62. The predicted octanol–water partition coefficient (Wildman–Crippen LogP) is 1.53. The van der Waals surface area contributed by atoms with Crippen molar-refractivity contribution in [3.05, 3.63) is 29.6 Å². The molecule has 2 heterocycles. The van der Waals surface area contributed by atoms with Crippen LogP contribution in [0.2, 0.25) is 0 Å². The first-order chi connectivity index (χ1) is 12.8. The van der Waals surface area contributed by atoms with Gasteiger partial charge in [-0.25, -0.2) is 4.68 Å². The maximum absolute atomic E-state index is 12.6. The lowest BCUT2D eigenvalue weighted by Gasteiger charge is -2.21. The van der Waals surface area contributed by atoms with Gasteiger partial charge in [0.2, 0.25) is 11.1 Å². The molecular formula is C15H16F3N5O3S. The Hall–Kier alpha value is -2.63. The maximum Gasteiger partial charge on any atom is 0.453 e. The lowest BCUT2D eigenvalue weighted by Crippen LogP contribution is -2.28. The van der Waals surface area contributed by atoms with Crippen LogP contribution < -0.4 is 15.3 Å². The molecule has 0 atom stereocenters. The zero-order chi connectivity index (χ0) is 19.6. The van der Waals surface area contributed by atoms with Gasteiger partial charge in [-0.2, -0.15) is 13.2 Å². The third-order valence-electron chi connectivity index (χ3n) is 3.69. The SMILES string of the molecule is CN(Cc1ccc2c(c1)OCCO2)C(=O)CSc1nnc(C(F)(F)F)n1N. The summed E-state index contributed by atoms with van der Waals surface area (Å²) >= 11 is 0.782. The number of hydrogen-bond donors (Lipinski definition) is 1. The number of amides is 1. The number of rotatable bonds is 5. The Balaban J connectivity index is 1.58. The van der Waals surface area contributed by atoms with Crippen molar-refractivity contribution < 1.29 is 27.4 Å². The summed E-state index contributed by atoms with van der Waals surface area (Å²) in [5, 5.41) is 6.19. The minimum Gasteiger partial charge on any atom is -0.486 e. The second-order valence-corrected chi connectivity index (χ2v) is 6.63. The van der Waals surface area contributed by atoms with Crippen LogP contribution in [0.25, 0.3) is 0 Å². The molecule has 1 aromatic carbocycles. The fourth-order valence-corrected chi connectivity index (χ4v) is 3.15. The van der Waals surface area contributed by atoms with E-state index in [1.54, 1.807) is 19.2 Å². The first-order valence-electron chi connectivity index (χ1n) is 7.78. The number of fused-ring (bicyclic) bond motifs is 1. The van der Waals surface area contributed by atoms with Crippen LogP contribution in [0.4, 0.5) is 13.2 Å². The molecule has 0 radical (unpaired) electrons. The summed E-state index contributed by atoms with van der Waals surface area (Å²) in [6.45, 7) is 1.25. The summed E-state index contributed by atoms with van der Waals surface area (Å²) in [5.41, 5.74) is 0.835. The van der Waals surface area contributed by atoms with Gasteiger partial charge in [0.15, 0.2) is 11.5 Å². The van der Waals surface area contributed by atoms with Gasteiger partial charge in [-0.15, -0.1) is 10.2 Å². The summed E-state index contributed by atoms with van der Waals surface area (Å²) in [6.07, 6.45) is -4.71. The van der Waals surface area contributed by atoms with Crippen molar-refractivity contribution in [3.8, 4) is 11.5 Å². The van der Waals surface area contributed by atoms with Crippen molar-refractivity contribution in [3.63, 3.8) is 0 Å². The first-order valence-corrected chi connectivity index (χ1v) is 8.77. The fraction of sp³-hybridized carbons (Fsp3) is 0.400. The molecule has 0 spiro atoms. The Morgan fingerprint density at radius 2 is 2.00 bits per heavy atom. The zero-order valence-corrected chi connectivity index (χ0v) is 15.0. The highest BCUT2D eigenvalue weighted by Crippen LogP contribution is 2.31. The highest BCUT2D eigenvalue weighted by atomic mass is 32.2. The van der Waals surface area contributed by atoms with E-state index in [-0.39, 0.29) is 16.8 Å². The van der Waals surface area contributed by atoms with Crippen molar-refractivity contribution in [2.45, 2.75) is 17.9 Å². The summed E-state index contributed by atoms with van der Waals surface area (Å²) in [7, 11) is 1.59. The van der Waals surface area contributed by atoms with Gasteiger partial charge in [-0.3, -0.25) is 4.79 Å². The summed E-state index contributed by atoms with van der Waals surface area (Å²) < 4.78 is 49.2. The van der Waals surface area contributed by atoms with E-state index in [0.717, 1.165) is 17.3 Å². The van der Waals surface area contributed by atoms with Crippen LogP contribution in [-0.4, -0.2) is 51.7 Å². The van der Waals surface area contributed by atoms with E-state index >= 15 is 0 Å². The average Bonchev–Trinajstić information content (AvgIpc) is 3.00. The second kappa shape index (κ2) is 7.55. The van der Waals surface area contributed by atoms with Gasteiger partial charge >= 0.3 is 6.18 Å². The molecule has 0 aliphatic carbocycles. The van der Waals surface area contributed by atoms with Crippen LogP contribution in [0.1, 0.15) is 11.4 Å². The number of nitrogens with two attached hydrogens (primary N) is 1. The van der Waals surface area contributed by atoms with Crippen molar-refractivity contribution in [1.82, 2.24) is 19.8 Å². The van der Waals surface area contributed by atoms with Gasteiger partial charge in [0, 0.05) is 13.6 Å². The van der Waals surface area contributed by atoms with Crippen LogP contribution in [-0.2, 0) is 17.5 Å². The molecule has 0 bridgehead atoms. The smallest absolute Gasteiger partial charge is 0.453 e. The summed E-state index contributed by atoms with van der Waals surface area (Å²) in [4.78, 5) is 13.7. The van der Waals surface area contributed by atoms with Crippen molar-refractivity contribution in [2.24, 2.45) is 0 Å². The standard InChI is InChI=1S/C15H16F3N5O3S/c1-22(7-9-2-3-10-11(6-9)26-5-4-25-10)12(24)8-27-14-21-20-13(23(14)19)15(16,17)18/h2-3,6H,4-5,7-8,19H2,1H3. The minimum atomic E-state index is -4.71. The molecular weight excluding hydrogens is 387 g/mol. The van der Waals surface area contributed by atoms with Gasteiger partial charge < -0.3 is 20.2 Å². The number of carbonyl (C=O) groups is 1. The molecule has 1 aromatic heterocycles. The average molecular weight is 403 g/mol. The van der Waals surface area contributed by atoms with Gasteiger partial charge in [-0.1, -0.05) is 17.8 Å². The van der Waals surface area contributed by atoms with E-state index in [9.17, 15) is 18.0 Å². The van der Waals surface area contributed by atoms with Crippen molar-refractivity contribution >= 4 is 17.7 Å². The largest absolute Gasteiger partial charge is 0.486 e. The predicted molar refractivity (Wildman–Crippen MR) is 89.8 cm³/mol. The molecule has 2 aromatic rings. The molecule has 0 saturated carbocycles. The molecule has 8 nitrogen and oxygen atoms in total. The third kappa shape index (κ3) is 4.38. The molecule has 1 aliphatic heterocycles. The number of nitrogen functional groups attached to an aromatic ring is 1. The number of thioether (sulfide) groups is 1. The molecule has 0 saturated heterocycles.